The zero-order valence-corrected chi connectivity index (χ0v) is 66.1. The number of hydrogen-bond acceptors (Lipinski definition) is 14. The molecule has 7 amide bonds. The van der Waals surface area contributed by atoms with Crippen LogP contribution in [0.5, 0.6) is 23.0 Å². The van der Waals surface area contributed by atoms with Crippen LogP contribution in [0.3, 0.4) is 0 Å². The minimum absolute atomic E-state index is 0.0119. The fraction of sp³-hybridized carbons (Fsp3) is 0.500. The average molecular weight is 1510 g/mol. The van der Waals surface area contributed by atoms with Crippen LogP contribution in [0.15, 0.2) is 122 Å². The molecule has 6 fully saturated rings. The second-order valence-corrected chi connectivity index (χ2v) is 33.2. The first-order valence-electron chi connectivity index (χ1n) is 40.0. The Morgan fingerprint density at radius 1 is 0.369 bits per heavy atom. The van der Waals surface area contributed by atoms with Crippen LogP contribution in [0.2, 0.25) is 0 Å². The van der Waals surface area contributed by atoms with E-state index in [1.54, 1.807) is 39.4 Å². The summed E-state index contributed by atoms with van der Waals surface area (Å²) in [4.78, 5) is 132. The van der Waals surface area contributed by atoms with Gasteiger partial charge in [-0.3, -0.25) is 28.8 Å². The number of ether oxygens (including phenoxy) is 3. The van der Waals surface area contributed by atoms with Gasteiger partial charge in [0.1, 0.15) is 70.0 Å². The summed E-state index contributed by atoms with van der Waals surface area (Å²) in [7, 11) is 0. The molecule has 4 aromatic heterocycles. The van der Waals surface area contributed by atoms with Crippen LogP contribution in [0, 0.1) is 41.4 Å². The van der Waals surface area contributed by atoms with Crippen LogP contribution in [0.4, 0.5) is 4.79 Å². The van der Waals surface area contributed by atoms with E-state index >= 15 is 0 Å². The van der Waals surface area contributed by atoms with Gasteiger partial charge in [-0.2, -0.15) is 0 Å². The Morgan fingerprint density at radius 2 is 0.631 bits per heavy atom. The Morgan fingerprint density at radius 3 is 0.874 bits per heavy atom. The van der Waals surface area contributed by atoms with Gasteiger partial charge in [0.05, 0.1) is 71.7 Å². The van der Waals surface area contributed by atoms with Crippen LogP contribution >= 0.6 is 0 Å². The zero-order valence-electron chi connectivity index (χ0n) is 66.1. The van der Waals surface area contributed by atoms with Gasteiger partial charge in [-0.15, -0.1) is 0 Å². The van der Waals surface area contributed by atoms with Crippen LogP contribution in [-0.4, -0.2) is 151 Å². The fourth-order valence-electron chi connectivity index (χ4n) is 15.2. The van der Waals surface area contributed by atoms with Gasteiger partial charge in [0, 0.05) is 43.9 Å². The fourth-order valence-corrected chi connectivity index (χ4v) is 15.2. The van der Waals surface area contributed by atoms with Crippen LogP contribution < -0.4 is 25.4 Å². The molecule has 7 N–H and O–H groups in total. The highest BCUT2D eigenvalue weighted by Crippen LogP contribution is 2.40. The molecule has 0 spiro atoms. The molecule has 4 saturated heterocycles. The molecule has 25 nitrogen and oxygen atoms in total. The van der Waals surface area contributed by atoms with E-state index in [0.717, 1.165) is 152 Å². The third-order valence-corrected chi connectivity index (χ3v) is 22.3. The van der Waals surface area contributed by atoms with Gasteiger partial charge in [-0.1, -0.05) is 62.3 Å². The molecule has 8 atom stereocenters. The number of nitrogens with one attached hydrogen (secondary N) is 7. The van der Waals surface area contributed by atoms with Crippen molar-refractivity contribution in [2.75, 3.05) is 26.2 Å². The molecule has 2 saturated carbocycles. The monoisotopic (exact) mass is 1510 g/mol. The van der Waals surface area contributed by atoms with Crippen molar-refractivity contribution in [3.63, 3.8) is 0 Å². The second kappa shape index (κ2) is 33.9. The molecule has 111 heavy (non-hydrogen) atoms. The Kier molecular flexibility index (Phi) is 24.0. The maximum atomic E-state index is 13.7. The maximum Gasteiger partial charge on any atom is 0.408 e. The van der Waals surface area contributed by atoms with Gasteiger partial charge < -0.3 is 69.7 Å². The third-order valence-electron chi connectivity index (χ3n) is 22.3. The summed E-state index contributed by atoms with van der Waals surface area (Å²) >= 11 is 0. The normalized spacial score (nSPS) is 19.6. The number of likely N-dealkylation sites (tertiary alicyclic amines) is 4. The number of carbonyl (C=O) groups excluding carboxylic acids is 7. The molecule has 0 radical (unpaired) electrons. The first-order chi connectivity index (χ1) is 53.2. The zero-order chi connectivity index (χ0) is 78.5. The van der Waals surface area contributed by atoms with Gasteiger partial charge in [0.25, 0.3) is 0 Å². The molecular formula is C86H109N15O10. The van der Waals surface area contributed by atoms with E-state index in [-0.39, 0.29) is 95.1 Å². The van der Waals surface area contributed by atoms with Gasteiger partial charge in [0.2, 0.25) is 35.4 Å². The van der Waals surface area contributed by atoms with E-state index in [0.29, 0.717) is 48.6 Å². The lowest BCUT2D eigenvalue weighted by Crippen LogP contribution is -2.52. The molecular weight excluding hydrogens is 1400 g/mol. The lowest BCUT2D eigenvalue weighted by atomic mass is 9.96. The largest absolute Gasteiger partial charge is 0.457 e. The van der Waals surface area contributed by atoms with E-state index < -0.39 is 29.8 Å². The number of hydrogen-bond donors (Lipinski definition) is 7. The molecule has 2 aliphatic carbocycles. The molecule has 25 heteroatoms. The molecule has 4 aliphatic heterocycles. The highest BCUT2D eigenvalue weighted by Gasteiger charge is 2.43. The van der Waals surface area contributed by atoms with Crippen LogP contribution in [-0.2, 0) is 33.5 Å². The predicted octanol–water partition coefficient (Wildman–Crippen LogP) is 15.1. The van der Waals surface area contributed by atoms with E-state index in [4.69, 9.17) is 24.2 Å². The molecule has 6 aliphatic rings. The van der Waals surface area contributed by atoms with E-state index in [9.17, 15) is 33.6 Å². The van der Waals surface area contributed by atoms with Crippen molar-refractivity contribution in [3.8, 4) is 68.0 Å². The number of nitrogens with zero attached hydrogens (tertiary/aromatic N) is 8. The van der Waals surface area contributed by atoms with Crippen LogP contribution in [0.25, 0.3) is 45.0 Å². The standard InChI is InChI=1S/C44H54N8O5.C42H55N7O5/c1-25(2)37(49-41(53)29-9-10-29)43(55)51-21-5-7-35(51)39-45-23-33(47-39)27-13-17-31(18-14-27)57-32-19-15-28(16-20-32)34-24-46-40(48-34)36-8-6-22-52(36)44(56)38(26(3)4)50-42(54)30-11-12-30;1-25(2)27(5)39(50)48-21-9-11-34(48)37-43-23-32(45-37)28-13-17-30(18-14-28)53-31-19-15-29(16-20-31)33-24-44-38(46-33)35-12-10-22-49(35)40(51)36(26(3)4)47-41(52)54-42(6,7)8/h13-20,23-26,29-30,35-38H,5-12,21-22H2,1-4H3,(H,45,47)(H,46,48)(H,49,53)(H,50,54);13-20,23-27,34-36H,9-12,21-22H2,1-8H3,(H,43,45)(H,44,46)(H,47,52)/t35-,36-,37+,38+;27-,34+,35+,36-/m01/s1. The maximum absolute atomic E-state index is 13.7. The number of H-pyrrole nitrogens is 4. The molecule has 0 bridgehead atoms. The highest BCUT2D eigenvalue weighted by atomic mass is 16.6. The van der Waals surface area contributed by atoms with E-state index in [2.05, 4.69) is 59.7 Å². The molecule has 14 rings (SSSR count). The minimum Gasteiger partial charge on any atom is -0.457 e. The molecule has 0 unspecified atom stereocenters. The summed E-state index contributed by atoms with van der Waals surface area (Å²) in [5.74, 6) is 6.01. The smallest absolute Gasteiger partial charge is 0.408 e. The topological polar surface area (TPSA) is 311 Å². The van der Waals surface area contributed by atoms with E-state index in [1.807, 2.05) is 171 Å². The number of alkyl carbamates (subject to hydrolysis) is 1. The van der Waals surface area contributed by atoms with Crippen LogP contribution in [0.1, 0.15) is 208 Å². The van der Waals surface area contributed by atoms with Gasteiger partial charge in [-0.25, -0.2) is 24.7 Å². The number of carbonyl (C=O) groups is 7. The van der Waals surface area contributed by atoms with Gasteiger partial charge >= 0.3 is 6.09 Å². The lowest BCUT2D eigenvalue weighted by molar-refractivity contribution is -0.139. The van der Waals surface area contributed by atoms with E-state index in [1.165, 1.54) is 0 Å². The number of benzene rings is 4. The van der Waals surface area contributed by atoms with Gasteiger partial charge in [-0.05, 0) is 241 Å². The number of imidazole rings is 4. The lowest BCUT2D eigenvalue weighted by Gasteiger charge is -2.31. The summed E-state index contributed by atoms with van der Waals surface area (Å²) in [5.41, 5.74) is 6.61. The van der Waals surface area contributed by atoms with Crippen molar-refractivity contribution < 1.29 is 47.8 Å². The van der Waals surface area contributed by atoms with Gasteiger partial charge in [0.15, 0.2) is 0 Å². The highest BCUT2D eigenvalue weighted by molar-refractivity contribution is 5.91. The molecule has 588 valence electrons. The summed E-state index contributed by atoms with van der Waals surface area (Å²) < 4.78 is 17.8. The molecule has 4 aromatic carbocycles. The predicted molar refractivity (Wildman–Crippen MR) is 422 cm³/mol. The first-order valence-corrected chi connectivity index (χ1v) is 40.0. The summed E-state index contributed by atoms with van der Waals surface area (Å²) in [6.07, 6.45) is 17.1. The van der Waals surface area contributed by atoms with Crippen molar-refractivity contribution in [1.82, 2.24) is 75.4 Å². The summed E-state index contributed by atoms with van der Waals surface area (Å²) in [6.45, 7) is 26.0. The number of amides is 7. The Labute approximate surface area is 650 Å². The minimum atomic E-state index is -0.707. The SMILES string of the molecule is CC(C)[C@@H](C)C(=O)N1CCC[C@H]1c1ncc(-c2ccc(Oc3ccc(-c4cnc([C@@H]5CCCN5C(=O)[C@H](NC(=O)OC(C)(C)C)C(C)C)[nH]4)cc3)cc2)[nH]1.CC(C)[C@@H](NC(=O)C1CC1)C(=O)N1CCC[C@H]1c1ncc(-c2ccc(Oc3ccc(-c4cnc([C@@H]5CCCN5C(=O)[C@H](NC(=O)C5CC5)C(C)C)[nH]4)cc3)cc2)[nH]1. The number of aromatic amines is 4. The quantitative estimate of drug-likeness (QED) is 0.0280. The van der Waals surface area contributed by atoms with Crippen molar-refractivity contribution in [2.24, 2.45) is 41.4 Å². The summed E-state index contributed by atoms with van der Waals surface area (Å²) in [5, 5.41) is 8.84. The van der Waals surface area contributed by atoms with Crippen molar-refractivity contribution >= 4 is 41.5 Å². The molecule has 8 aromatic rings. The number of aromatic nitrogens is 8. The number of rotatable bonds is 25. The second-order valence-electron chi connectivity index (χ2n) is 33.2. The third kappa shape index (κ3) is 18.7. The average Bonchev–Trinajstić information content (AvgIpc) is 1.67. The first kappa shape index (κ1) is 78.5. The van der Waals surface area contributed by atoms with Crippen molar-refractivity contribution in [3.05, 3.63) is 145 Å². The Bertz CT molecular complexity index is 4420. The Hall–Kier alpha value is -10.6. The van der Waals surface area contributed by atoms with Crippen molar-refractivity contribution in [2.45, 2.75) is 208 Å². The summed E-state index contributed by atoms with van der Waals surface area (Å²) in [6, 6.07) is 28.9. The van der Waals surface area contributed by atoms with Crippen molar-refractivity contribution in [1.29, 1.82) is 0 Å². The Balaban J connectivity index is 0.000000195. The molecule has 8 heterocycles.